The second-order valence-electron chi connectivity index (χ2n) is 4.41. The van der Waals surface area contributed by atoms with Crippen LogP contribution in [0.3, 0.4) is 0 Å². The number of halogens is 2. The van der Waals surface area contributed by atoms with Gasteiger partial charge in [0.2, 0.25) is 0 Å². The van der Waals surface area contributed by atoms with Crippen LogP contribution in [0.5, 0.6) is 0 Å². The summed E-state index contributed by atoms with van der Waals surface area (Å²) >= 11 is 3.34. The van der Waals surface area contributed by atoms with Crippen molar-refractivity contribution in [3.63, 3.8) is 0 Å². The molecule has 0 fully saturated rings. The summed E-state index contributed by atoms with van der Waals surface area (Å²) in [4.78, 5) is 4.40. The van der Waals surface area contributed by atoms with Gasteiger partial charge in [0.25, 0.3) is 0 Å². The van der Waals surface area contributed by atoms with Crippen molar-refractivity contribution in [2.45, 2.75) is 26.8 Å². The lowest BCUT2D eigenvalue weighted by molar-refractivity contribution is 0.145. The zero-order valence-corrected chi connectivity index (χ0v) is 14.2. The fourth-order valence-electron chi connectivity index (χ4n) is 1.70. The van der Waals surface area contributed by atoms with Gasteiger partial charge in [0, 0.05) is 36.3 Å². The van der Waals surface area contributed by atoms with Gasteiger partial charge in [0.05, 0.1) is 6.54 Å². The first-order valence-corrected chi connectivity index (χ1v) is 8.00. The first kappa shape index (κ1) is 17.9. The number of guanidine groups is 1. The van der Waals surface area contributed by atoms with Crippen molar-refractivity contribution in [2.75, 3.05) is 26.3 Å². The van der Waals surface area contributed by atoms with Crippen molar-refractivity contribution < 1.29 is 9.13 Å². The fraction of sp³-hybridized carbons (Fsp3) is 0.533. The van der Waals surface area contributed by atoms with Crippen LogP contribution in [0.15, 0.2) is 27.7 Å². The normalized spacial score (nSPS) is 11.5. The molecule has 1 rings (SSSR count). The molecule has 118 valence electrons. The Morgan fingerprint density at radius 2 is 2.14 bits per heavy atom. The average molecular weight is 360 g/mol. The number of benzene rings is 1. The third-order valence-corrected chi connectivity index (χ3v) is 3.21. The first-order chi connectivity index (χ1) is 10.2. The lowest BCUT2D eigenvalue weighted by Crippen LogP contribution is -2.38. The summed E-state index contributed by atoms with van der Waals surface area (Å²) < 4.78 is 19.8. The lowest BCUT2D eigenvalue weighted by Gasteiger charge is -2.11. The summed E-state index contributed by atoms with van der Waals surface area (Å²) in [7, 11) is 0. The van der Waals surface area contributed by atoms with Crippen molar-refractivity contribution in [3.05, 3.63) is 34.1 Å². The second-order valence-corrected chi connectivity index (χ2v) is 5.32. The SMILES string of the molecule is CCNC(=NCc1cc(Br)ccc1F)NCCCOCC. The predicted molar refractivity (Wildman–Crippen MR) is 88.0 cm³/mol. The molecule has 0 heterocycles. The molecule has 0 amide bonds. The molecule has 0 saturated carbocycles. The van der Waals surface area contributed by atoms with Gasteiger partial charge in [-0.25, -0.2) is 9.38 Å². The number of aliphatic imine (C=N–C) groups is 1. The molecule has 21 heavy (non-hydrogen) atoms. The maximum absolute atomic E-state index is 13.6. The molecule has 1 aromatic carbocycles. The van der Waals surface area contributed by atoms with Gasteiger partial charge in [0.15, 0.2) is 5.96 Å². The van der Waals surface area contributed by atoms with Crippen LogP contribution in [0.4, 0.5) is 4.39 Å². The molecular formula is C15H23BrFN3O. The van der Waals surface area contributed by atoms with E-state index in [9.17, 15) is 4.39 Å². The molecule has 6 heteroatoms. The average Bonchev–Trinajstić information content (AvgIpc) is 2.47. The standard InChI is InChI=1S/C15H23BrFN3O/c1-3-18-15(19-8-5-9-21-4-2)20-11-12-10-13(16)6-7-14(12)17/h6-7,10H,3-5,8-9,11H2,1-2H3,(H2,18,19,20). The minimum atomic E-state index is -0.242. The molecule has 4 nitrogen and oxygen atoms in total. The van der Waals surface area contributed by atoms with E-state index in [1.54, 1.807) is 12.1 Å². The highest BCUT2D eigenvalue weighted by atomic mass is 79.9. The Kier molecular flexibility index (Phi) is 9.01. The largest absolute Gasteiger partial charge is 0.382 e. The smallest absolute Gasteiger partial charge is 0.191 e. The van der Waals surface area contributed by atoms with Crippen molar-refractivity contribution in [2.24, 2.45) is 4.99 Å². The highest BCUT2D eigenvalue weighted by Gasteiger charge is 2.03. The van der Waals surface area contributed by atoms with E-state index in [-0.39, 0.29) is 5.82 Å². The topological polar surface area (TPSA) is 45.7 Å². The van der Waals surface area contributed by atoms with Gasteiger partial charge >= 0.3 is 0 Å². The first-order valence-electron chi connectivity index (χ1n) is 7.21. The molecule has 0 aliphatic rings. The Morgan fingerprint density at radius 3 is 2.86 bits per heavy atom. The molecule has 0 radical (unpaired) electrons. The van der Waals surface area contributed by atoms with E-state index in [1.807, 2.05) is 13.8 Å². The van der Waals surface area contributed by atoms with E-state index in [4.69, 9.17) is 4.74 Å². The quantitative estimate of drug-likeness (QED) is 0.426. The van der Waals surface area contributed by atoms with Gasteiger partial charge in [-0.15, -0.1) is 0 Å². The molecule has 0 aromatic heterocycles. The molecule has 0 spiro atoms. The lowest BCUT2D eigenvalue weighted by atomic mass is 10.2. The number of ether oxygens (including phenoxy) is 1. The summed E-state index contributed by atoms with van der Waals surface area (Å²) in [5, 5.41) is 6.35. The van der Waals surface area contributed by atoms with Crippen LogP contribution in [0.25, 0.3) is 0 Å². The van der Waals surface area contributed by atoms with E-state index < -0.39 is 0 Å². The highest BCUT2D eigenvalue weighted by molar-refractivity contribution is 9.10. The third-order valence-electron chi connectivity index (χ3n) is 2.72. The van der Waals surface area contributed by atoms with Crippen molar-refractivity contribution in [1.29, 1.82) is 0 Å². The second kappa shape index (κ2) is 10.6. The van der Waals surface area contributed by atoms with Crippen LogP contribution >= 0.6 is 15.9 Å². The van der Waals surface area contributed by atoms with Crippen molar-refractivity contribution >= 4 is 21.9 Å². The minimum Gasteiger partial charge on any atom is -0.382 e. The summed E-state index contributed by atoms with van der Waals surface area (Å²) in [5.74, 6) is 0.447. The van der Waals surface area contributed by atoms with Crippen LogP contribution in [-0.4, -0.2) is 32.3 Å². The molecule has 0 aliphatic carbocycles. The number of hydrogen-bond acceptors (Lipinski definition) is 2. The Bertz CT molecular complexity index is 455. The van der Waals surface area contributed by atoms with Gasteiger partial charge in [-0.2, -0.15) is 0 Å². The van der Waals surface area contributed by atoms with Gasteiger partial charge in [0.1, 0.15) is 5.82 Å². The molecular weight excluding hydrogens is 337 g/mol. The van der Waals surface area contributed by atoms with Crippen molar-refractivity contribution in [3.8, 4) is 0 Å². The van der Waals surface area contributed by atoms with E-state index >= 15 is 0 Å². The Morgan fingerprint density at radius 1 is 1.33 bits per heavy atom. The molecule has 0 atom stereocenters. The zero-order chi connectivity index (χ0) is 15.5. The van der Waals surface area contributed by atoms with Crippen molar-refractivity contribution in [1.82, 2.24) is 10.6 Å². The number of rotatable bonds is 8. The van der Waals surface area contributed by atoms with Gasteiger partial charge < -0.3 is 15.4 Å². The summed E-state index contributed by atoms with van der Waals surface area (Å²) in [6, 6.07) is 4.87. The van der Waals surface area contributed by atoms with Gasteiger partial charge in [-0.1, -0.05) is 15.9 Å². The Labute approximate surface area is 134 Å². The molecule has 0 aliphatic heterocycles. The third kappa shape index (κ3) is 7.43. The Balaban J connectivity index is 2.52. The maximum Gasteiger partial charge on any atom is 0.191 e. The molecule has 0 saturated heterocycles. The van der Waals surface area contributed by atoms with Gasteiger partial charge in [-0.05, 0) is 38.5 Å². The zero-order valence-electron chi connectivity index (χ0n) is 12.6. The van der Waals surface area contributed by atoms with Crippen LogP contribution in [0, 0.1) is 5.82 Å². The monoisotopic (exact) mass is 359 g/mol. The molecule has 2 N–H and O–H groups in total. The van der Waals surface area contributed by atoms with Gasteiger partial charge in [-0.3, -0.25) is 0 Å². The van der Waals surface area contributed by atoms with Crippen LogP contribution in [0.2, 0.25) is 0 Å². The molecule has 1 aromatic rings. The summed E-state index contributed by atoms with van der Waals surface area (Å²) in [6.45, 7) is 7.26. The summed E-state index contributed by atoms with van der Waals surface area (Å²) in [6.07, 6.45) is 0.906. The molecule has 0 bridgehead atoms. The molecule has 0 unspecified atom stereocenters. The van der Waals surface area contributed by atoms with E-state index in [0.29, 0.717) is 18.1 Å². The maximum atomic E-state index is 13.6. The number of hydrogen-bond donors (Lipinski definition) is 2. The van der Waals surface area contributed by atoms with E-state index in [0.717, 1.165) is 37.2 Å². The van der Waals surface area contributed by atoms with Crippen LogP contribution in [-0.2, 0) is 11.3 Å². The van der Waals surface area contributed by atoms with E-state index in [2.05, 4.69) is 31.6 Å². The van der Waals surface area contributed by atoms with Crippen LogP contribution < -0.4 is 10.6 Å². The minimum absolute atomic E-state index is 0.242. The van der Waals surface area contributed by atoms with E-state index in [1.165, 1.54) is 6.07 Å². The highest BCUT2D eigenvalue weighted by Crippen LogP contribution is 2.16. The summed E-state index contributed by atoms with van der Waals surface area (Å²) in [5.41, 5.74) is 0.566. The number of nitrogens with one attached hydrogen (secondary N) is 2. The van der Waals surface area contributed by atoms with Crippen LogP contribution in [0.1, 0.15) is 25.8 Å². The fourth-order valence-corrected chi connectivity index (χ4v) is 2.10. The Hall–Kier alpha value is -1.14. The predicted octanol–water partition coefficient (Wildman–Crippen LogP) is 3.07. The number of nitrogens with zero attached hydrogens (tertiary/aromatic N) is 1.